The summed E-state index contributed by atoms with van der Waals surface area (Å²) >= 11 is 0. The van der Waals surface area contributed by atoms with Crippen LogP contribution in [0.1, 0.15) is 43.5 Å². The van der Waals surface area contributed by atoms with E-state index in [0.717, 1.165) is 28.8 Å². The molecule has 178 valence electrons. The Kier molecular flexibility index (Phi) is 4.68. The van der Waals surface area contributed by atoms with Crippen LogP contribution in [-0.2, 0) is 26.5 Å². The summed E-state index contributed by atoms with van der Waals surface area (Å²) in [5, 5.41) is 8.24. The number of sulfonamides is 1. The van der Waals surface area contributed by atoms with Crippen molar-refractivity contribution in [2.24, 2.45) is 0 Å². The van der Waals surface area contributed by atoms with Crippen molar-refractivity contribution < 1.29 is 16.8 Å². The quantitative estimate of drug-likeness (QED) is 0.412. The molecule has 6 rings (SSSR count). The number of aryl methyl sites for hydroxylation is 1. The molecule has 2 aliphatic rings. The molecule has 2 saturated carbocycles. The van der Waals surface area contributed by atoms with Crippen molar-refractivity contribution in [3.05, 3.63) is 54.1 Å². The number of rotatable bonds is 7. The summed E-state index contributed by atoms with van der Waals surface area (Å²) in [5.41, 5.74) is 1.67. The molecule has 10 nitrogen and oxygen atoms in total. The van der Waals surface area contributed by atoms with Gasteiger partial charge in [0, 0.05) is 18.2 Å². The number of fused-ring (bicyclic) bond motifs is 3. The van der Waals surface area contributed by atoms with Gasteiger partial charge in [-0.05, 0) is 57.2 Å². The first-order valence-corrected chi connectivity index (χ1v) is 14.2. The molecule has 0 bridgehead atoms. The van der Waals surface area contributed by atoms with Crippen molar-refractivity contribution in [1.29, 1.82) is 0 Å². The zero-order valence-corrected chi connectivity index (χ0v) is 20.2. The number of nitrogens with zero attached hydrogens (tertiary/aromatic N) is 5. The van der Waals surface area contributed by atoms with Crippen molar-refractivity contribution in [3.63, 3.8) is 0 Å². The van der Waals surface area contributed by atoms with E-state index in [1.807, 2.05) is 6.92 Å². The Hall–Kier alpha value is -2.83. The number of aromatic nitrogens is 5. The Bertz CT molecular complexity index is 1630. The highest BCUT2D eigenvalue weighted by Gasteiger charge is 2.46. The SMILES string of the molecule is Cc1ccc(S(=O)(=O)n2ccc3c2ncc2nnc(CC4(NS(=O)(=O)C5CC5)CCC4)n23)cc1. The van der Waals surface area contributed by atoms with Crippen LogP contribution in [0, 0.1) is 6.92 Å². The van der Waals surface area contributed by atoms with E-state index in [9.17, 15) is 16.8 Å². The van der Waals surface area contributed by atoms with E-state index in [1.54, 1.807) is 34.7 Å². The molecular formula is C22H24N6O4S2. The zero-order valence-electron chi connectivity index (χ0n) is 18.5. The van der Waals surface area contributed by atoms with Gasteiger partial charge in [-0.2, -0.15) is 0 Å². The number of hydrogen-bond donors (Lipinski definition) is 1. The minimum atomic E-state index is -3.85. The Balaban J connectivity index is 1.42. The summed E-state index contributed by atoms with van der Waals surface area (Å²) in [5.74, 6) is 0.575. The fraction of sp³-hybridized carbons (Fsp3) is 0.409. The molecule has 4 aromatic rings. The van der Waals surface area contributed by atoms with Crippen LogP contribution in [0.3, 0.4) is 0 Å². The normalized spacial score (nSPS) is 18.4. The maximum Gasteiger partial charge on any atom is 0.269 e. The predicted molar refractivity (Wildman–Crippen MR) is 125 cm³/mol. The standard InChI is InChI=1S/C22H24N6O4S2/c1-15-3-5-17(6-4-15)34(31,32)27-12-9-18-21(27)23-14-20-25-24-19(28(18)20)13-22(10-2-11-22)26-33(29,30)16-7-8-16/h3-6,9,12,14,16,26H,2,7-8,10-11,13H2,1H3. The van der Waals surface area contributed by atoms with Gasteiger partial charge in [0.05, 0.1) is 21.9 Å². The lowest BCUT2D eigenvalue weighted by atomic mass is 9.75. The summed E-state index contributed by atoms with van der Waals surface area (Å²) < 4.78 is 57.8. The van der Waals surface area contributed by atoms with E-state index in [4.69, 9.17) is 0 Å². The third-order valence-corrected chi connectivity index (χ3v) is 10.6. The van der Waals surface area contributed by atoms with Crippen LogP contribution in [0.5, 0.6) is 0 Å². The summed E-state index contributed by atoms with van der Waals surface area (Å²) in [6.45, 7) is 1.90. The lowest BCUT2D eigenvalue weighted by Crippen LogP contribution is -2.56. The Morgan fingerprint density at radius 1 is 1.06 bits per heavy atom. The highest BCUT2D eigenvalue weighted by atomic mass is 32.2. The molecule has 12 heteroatoms. The summed E-state index contributed by atoms with van der Waals surface area (Å²) in [6.07, 6.45) is 7.13. The maximum atomic E-state index is 13.3. The largest absolute Gasteiger partial charge is 0.274 e. The van der Waals surface area contributed by atoms with Crippen LogP contribution >= 0.6 is 0 Å². The van der Waals surface area contributed by atoms with E-state index in [1.165, 1.54) is 12.4 Å². The molecule has 1 N–H and O–H groups in total. The number of nitrogens with one attached hydrogen (secondary N) is 1. The molecule has 34 heavy (non-hydrogen) atoms. The minimum Gasteiger partial charge on any atom is -0.274 e. The van der Waals surface area contributed by atoms with E-state index in [0.29, 0.717) is 36.3 Å². The van der Waals surface area contributed by atoms with Crippen molar-refractivity contribution in [3.8, 4) is 0 Å². The van der Waals surface area contributed by atoms with E-state index >= 15 is 0 Å². The maximum absolute atomic E-state index is 13.3. The fourth-order valence-corrected chi connectivity index (χ4v) is 7.71. The Morgan fingerprint density at radius 2 is 1.79 bits per heavy atom. The molecule has 3 heterocycles. The van der Waals surface area contributed by atoms with E-state index in [-0.39, 0.29) is 15.8 Å². The third kappa shape index (κ3) is 3.43. The van der Waals surface area contributed by atoms with Crippen LogP contribution in [0.15, 0.2) is 47.6 Å². The van der Waals surface area contributed by atoms with Gasteiger partial charge in [0.1, 0.15) is 5.82 Å². The second kappa shape index (κ2) is 7.33. The monoisotopic (exact) mass is 500 g/mol. The smallest absolute Gasteiger partial charge is 0.269 e. The molecular weight excluding hydrogens is 476 g/mol. The van der Waals surface area contributed by atoms with Crippen molar-refractivity contribution >= 4 is 36.9 Å². The molecule has 0 aliphatic heterocycles. The van der Waals surface area contributed by atoms with E-state index < -0.39 is 25.6 Å². The van der Waals surface area contributed by atoms with Gasteiger partial charge in [-0.25, -0.2) is 30.5 Å². The summed E-state index contributed by atoms with van der Waals surface area (Å²) in [4.78, 5) is 4.53. The van der Waals surface area contributed by atoms with Crippen molar-refractivity contribution in [2.45, 2.75) is 61.1 Å². The van der Waals surface area contributed by atoms with Gasteiger partial charge in [0.25, 0.3) is 10.0 Å². The second-order valence-electron chi connectivity index (χ2n) is 9.36. The molecule has 1 aromatic carbocycles. The lowest BCUT2D eigenvalue weighted by molar-refractivity contribution is 0.216. The van der Waals surface area contributed by atoms with Gasteiger partial charge in [-0.1, -0.05) is 17.7 Å². The predicted octanol–water partition coefficient (Wildman–Crippen LogP) is 2.17. The van der Waals surface area contributed by atoms with Gasteiger partial charge in [-0.15, -0.1) is 10.2 Å². The molecule has 0 unspecified atom stereocenters. The van der Waals surface area contributed by atoms with Gasteiger partial charge < -0.3 is 0 Å². The molecule has 2 fully saturated rings. The van der Waals surface area contributed by atoms with Crippen LogP contribution in [0.2, 0.25) is 0 Å². The summed E-state index contributed by atoms with van der Waals surface area (Å²) in [7, 11) is -7.21. The average molecular weight is 501 g/mol. The number of benzene rings is 1. The Morgan fingerprint density at radius 3 is 2.44 bits per heavy atom. The highest BCUT2D eigenvalue weighted by molar-refractivity contribution is 7.90. The minimum absolute atomic E-state index is 0.171. The van der Waals surface area contributed by atoms with Crippen LogP contribution in [0.25, 0.3) is 16.8 Å². The molecule has 2 aliphatic carbocycles. The first-order valence-electron chi connectivity index (χ1n) is 11.2. The molecule has 0 radical (unpaired) electrons. The lowest BCUT2D eigenvalue weighted by Gasteiger charge is -2.41. The van der Waals surface area contributed by atoms with Crippen LogP contribution < -0.4 is 4.72 Å². The Labute approximate surface area is 197 Å². The number of hydrogen-bond acceptors (Lipinski definition) is 7. The highest BCUT2D eigenvalue weighted by Crippen LogP contribution is 2.38. The fourth-order valence-electron chi connectivity index (χ4n) is 4.61. The summed E-state index contributed by atoms with van der Waals surface area (Å²) in [6, 6.07) is 8.33. The third-order valence-electron chi connectivity index (χ3n) is 6.81. The molecule has 3 aromatic heterocycles. The average Bonchev–Trinajstić information content (AvgIpc) is 3.43. The van der Waals surface area contributed by atoms with Gasteiger partial charge in [0.15, 0.2) is 11.3 Å². The van der Waals surface area contributed by atoms with Crippen LogP contribution in [0.4, 0.5) is 0 Å². The zero-order chi connectivity index (χ0) is 23.7. The van der Waals surface area contributed by atoms with Gasteiger partial charge >= 0.3 is 0 Å². The second-order valence-corrected chi connectivity index (χ2v) is 13.1. The van der Waals surface area contributed by atoms with Gasteiger partial charge in [-0.3, -0.25) is 4.40 Å². The first-order chi connectivity index (χ1) is 16.2. The molecule has 0 amide bonds. The molecule has 0 atom stereocenters. The first kappa shape index (κ1) is 21.7. The van der Waals surface area contributed by atoms with Crippen molar-refractivity contribution in [2.75, 3.05) is 0 Å². The van der Waals surface area contributed by atoms with Crippen molar-refractivity contribution in [1.82, 2.24) is 28.3 Å². The topological polar surface area (TPSA) is 128 Å². The molecule has 0 saturated heterocycles. The van der Waals surface area contributed by atoms with Gasteiger partial charge in [0.2, 0.25) is 10.0 Å². The molecule has 0 spiro atoms. The van der Waals surface area contributed by atoms with E-state index in [2.05, 4.69) is 19.9 Å². The van der Waals surface area contributed by atoms with Crippen LogP contribution in [-0.4, -0.2) is 51.2 Å².